The molecule has 8 nitrogen and oxygen atoms in total. The maximum Gasteiger partial charge on any atom is 0.290 e. The summed E-state index contributed by atoms with van der Waals surface area (Å²) in [6.07, 6.45) is -0.784. The van der Waals surface area contributed by atoms with Gasteiger partial charge in [-0.15, -0.1) is 0 Å². The van der Waals surface area contributed by atoms with Gasteiger partial charge >= 0.3 is 0 Å². The van der Waals surface area contributed by atoms with Crippen molar-refractivity contribution in [1.29, 1.82) is 0 Å². The Kier molecular flexibility index (Phi) is 5.50. The fourth-order valence-corrected chi connectivity index (χ4v) is 5.58. The molecule has 1 N–H and O–H groups in total. The van der Waals surface area contributed by atoms with E-state index in [0.717, 1.165) is 5.56 Å². The van der Waals surface area contributed by atoms with Crippen LogP contribution in [0.5, 0.6) is 23.0 Å². The van der Waals surface area contributed by atoms with Crippen LogP contribution in [0.25, 0.3) is 0 Å². The fraction of sp³-hybridized carbons (Fsp3) is 0.407. The van der Waals surface area contributed by atoms with Crippen molar-refractivity contribution in [3.05, 3.63) is 58.9 Å². The quantitative estimate of drug-likeness (QED) is 0.671. The summed E-state index contributed by atoms with van der Waals surface area (Å²) in [4.78, 5) is 29.0. The molecule has 4 atom stereocenters. The van der Waals surface area contributed by atoms with Gasteiger partial charge in [0.2, 0.25) is 6.79 Å². The van der Waals surface area contributed by atoms with Crippen molar-refractivity contribution >= 4 is 11.7 Å². The molecule has 0 radical (unpaired) electrons. The van der Waals surface area contributed by atoms with Crippen LogP contribution in [0.3, 0.4) is 0 Å². The molecular formula is C27H26FNO7. The number of fused-ring (bicyclic) bond motifs is 2. The molecule has 1 saturated carbocycles. The molecule has 9 heteroatoms. The SMILES string of the molecule is CCOc1cc(C2C3=C(OC4CCC(F)CC4C3=O)C(=O)N2Cc2ccc3c(c2)OCO3)ccc1O. The number of nitrogens with zero attached hydrogens (tertiary/aromatic N) is 1. The number of phenols is 1. The number of rotatable bonds is 5. The molecule has 2 aromatic rings. The lowest BCUT2D eigenvalue weighted by molar-refractivity contribution is -0.136. The van der Waals surface area contributed by atoms with Crippen molar-refractivity contribution in [2.45, 2.75) is 51.0 Å². The zero-order chi connectivity index (χ0) is 25.0. The highest BCUT2D eigenvalue weighted by Crippen LogP contribution is 2.48. The number of benzene rings is 2. The molecule has 188 valence electrons. The van der Waals surface area contributed by atoms with Crippen LogP contribution in [-0.4, -0.2) is 47.4 Å². The molecule has 36 heavy (non-hydrogen) atoms. The van der Waals surface area contributed by atoms with E-state index in [4.69, 9.17) is 18.9 Å². The van der Waals surface area contributed by atoms with Crippen molar-refractivity contribution in [2.24, 2.45) is 5.92 Å². The van der Waals surface area contributed by atoms with E-state index in [-0.39, 0.29) is 48.4 Å². The van der Waals surface area contributed by atoms with Gasteiger partial charge in [0.1, 0.15) is 12.3 Å². The standard InChI is InChI=1S/C27H26FNO7/c1-2-33-21-10-15(4-6-18(21)30)24-23-25(31)17-11-16(28)5-8-19(17)36-26(23)27(32)29(24)12-14-3-7-20-22(9-14)35-13-34-20/h3-4,6-7,9-10,16-17,19,24,30H,2,5,8,11-13H2,1H3. The molecule has 1 fully saturated rings. The van der Waals surface area contributed by atoms with Crippen LogP contribution < -0.4 is 14.2 Å². The highest BCUT2D eigenvalue weighted by molar-refractivity contribution is 6.11. The summed E-state index contributed by atoms with van der Waals surface area (Å²) in [6.45, 7) is 2.44. The van der Waals surface area contributed by atoms with Crippen LogP contribution >= 0.6 is 0 Å². The number of hydrogen-bond donors (Lipinski definition) is 1. The maximum absolute atomic E-state index is 14.3. The van der Waals surface area contributed by atoms with Gasteiger partial charge < -0.3 is 29.0 Å². The van der Waals surface area contributed by atoms with Crippen LogP contribution in [0.1, 0.15) is 43.4 Å². The normalized spacial score (nSPS) is 26.6. The number of phenolic OH excluding ortho intramolecular Hbond substituents is 1. The van der Waals surface area contributed by atoms with Crippen LogP contribution in [-0.2, 0) is 20.9 Å². The number of ketones is 1. The summed E-state index contributed by atoms with van der Waals surface area (Å²) in [5.74, 6) is 0.192. The smallest absolute Gasteiger partial charge is 0.290 e. The third-order valence-corrected chi connectivity index (χ3v) is 7.27. The second kappa shape index (κ2) is 8.72. The number of halogens is 1. The Morgan fingerprint density at radius 2 is 1.94 bits per heavy atom. The van der Waals surface area contributed by atoms with Crippen LogP contribution in [0.4, 0.5) is 4.39 Å². The molecule has 1 aliphatic carbocycles. The Hall–Kier alpha value is -3.75. The summed E-state index contributed by atoms with van der Waals surface area (Å²) < 4.78 is 36.8. The van der Waals surface area contributed by atoms with Crippen LogP contribution in [0.15, 0.2) is 47.7 Å². The lowest BCUT2D eigenvalue weighted by Crippen LogP contribution is -2.42. The highest BCUT2D eigenvalue weighted by atomic mass is 19.1. The zero-order valence-corrected chi connectivity index (χ0v) is 19.7. The van der Waals surface area contributed by atoms with Gasteiger partial charge in [0.25, 0.3) is 5.91 Å². The van der Waals surface area contributed by atoms with Gasteiger partial charge in [-0.05, 0) is 61.6 Å². The second-order valence-electron chi connectivity index (χ2n) is 9.46. The Labute approximate surface area is 207 Å². The average Bonchev–Trinajstić information content (AvgIpc) is 3.44. The minimum atomic E-state index is -1.07. The lowest BCUT2D eigenvalue weighted by atomic mass is 9.77. The van der Waals surface area contributed by atoms with E-state index in [0.29, 0.717) is 36.5 Å². The summed E-state index contributed by atoms with van der Waals surface area (Å²) in [5.41, 5.74) is 1.62. The summed E-state index contributed by atoms with van der Waals surface area (Å²) in [7, 11) is 0. The molecule has 4 unspecified atom stereocenters. The van der Waals surface area contributed by atoms with Gasteiger partial charge in [-0.3, -0.25) is 9.59 Å². The highest BCUT2D eigenvalue weighted by Gasteiger charge is 2.53. The summed E-state index contributed by atoms with van der Waals surface area (Å²) >= 11 is 0. The lowest BCUT2D eigenvalue weighted by Gasteiger charge is -2.36. The van der Waals surface area contributed by atoms with Crippen LogP contribution in [0.2, 0.25) is 0 Å². The monoisotopic (exact) mass is 495 g/mol. The molecular weight excluding hydrogens is 469 g/mol. The first-order valence-electron chi connectivity index (χ1n) is 12.2. The molecule has 4 aliphatic rings. The number of alkyl halides is 1. The van der Waals surface area contributed by atoms with Crippen molar-refractivity contribution in [3.63, 3.8) is 0 Å². The number of carbonyl (C=O) groups is 2. The maximum atomic E-state index is 14.3. The van der Waals surface area contributed by atoms with E-state index in [2.05, 4.69) is 0 Å². The number of hydrogen-bond acceptors (Lipinski definition) is 7. The Morgan fingerprint density at radius 3 is 2.78 bits per heavy atom. The predicted octanol–water partition coefficient (Wildman–Crippen LogP) is 3.96. The van der Waals surface area contributed by atoms with Gasteiger partial charge in [-0.25, -0.2) is 4.39 Å². The van der Waals surface area contributed by atoms with Crippen molar-refractivity contribution in [1.82, 2.24) is 4.90 Å². The first kappa shape index (κ1) is 22.7. The average molecular weight is 496 g/mol. The van der Waals surface area contributed by atoms with E-state index < -0.39 is 30.1 Å². The van der Waals surface area contributed by atoms with E-state index in [1.165, 1.54) is 6.07 Å². The molecule has 1 amide bonds. The van der Waals surface area contributed by atoms with Gasteiger partial charge in [-0.2, -0.15) is 0 Å². The number of amides is 1. The summed E-state index contributed by atoms with van der Waals surface area (Å²) in [5, 5.41) is 10.2. The van der Waals surface area contributed by atoms with Gasteiger partial charge in [0.15, 0.2) is 34.5 Å². The van der Waals surface area contributed by atoms with Crippen molar-refractivity contribution < 1.29 is 38.0 Å². The van der Waals surface area contributed by atoms with Crippen molar-refractivity contribution in [3.8, 4) is 23.0 Å². The number of Topliss-reactive ketones (excluding diaryl/α,β-unsaturated/α-hetero) is 1. The summed E-state index contributed by atoms with van der Waals surface area (Å²) in [6, 6.07) is 9.44. The van der Waals surface area contributed by atoms with Crippen LogP contribution in [0, 0.1) is 5.92 Å². The van der Waals surface area contributed by atoms with E-state index >= 15 is 0 Å². The predicted molar refractivity (Wildman–Crippen MR) is 124 cm³/mol. The van der Waals surface area contributed by atoms with E-state index in [9.17, 15) is 19.1 Å². The zero-order valence-electron chi connectivity index (χ0n) is 19.7. The fourth-order valence-electron chi connectivity index (χ4n) is 5.58. The molecule has 6 rings (SSSR count). The largest absolute Gasteiger partial charge is 0.504 e. The number of aromatic hydroxyl groups is 1. The second-order valence-corrected chi connectivity index (χ2v) is 9.46. The Morgan fingerprint density at radius 1 is 1.11 bits per heavy atom. The Balaban J connectivity index is 1.42. The number of ether oxygens (including phenoxy) is 4. The molecule has 3 heterocycles. The third-order valence-electron chi connectivity index (χ3n) is 7.27. The first-order valence-corrected chi connectivity index (χ1v) is 12.2. The topological polar surface area (TPSA) is 94.5 Å². The number of carbonyl (C=O) groups excluding carboxylic acids is 2. The van der Waals surface area contributed by atoms with Crippen molar-refractivity contribution in [2.75, 3.05) is 13.4 Å². The van der Waals surface area contributed by atoms with Gasteiger partial charge in [-0.1, -0.05) is 12.1 Å². The third kappa shape index (κ3) is 3.65. The molecule has 0 spiro atoms. The molecule has 2 aromatic carbocycles. The molecule has 3 aliphatic heterocycles. The first-order chi connectivity index (χ1) is 17.4. The molecule has 0 aromatic heterocycles. The van der Waals surface area contributed by atoms with Gasteiger partial charge in [0, 0.05) is 6.54 Å². The Bertz CT molecular complexity index is 1270. The van der Waals surface area contributed by atoms with E-state index in [1.807, 2.05) is 12.1 Å². The molecule has 0 bridgehead atoms. The molecule has 0 saturated heterocycles. The van der Waals surface area contributed by atoms with E-state index in [1.54, 1.807) is 30.0 Å². The van der Waals surface area contributed by atoms with Gasteiger partial charge in [0.05, 0.1) is 24.1 Å². The minimum Gasteiger partial charge on any atom is -0.504 e. The minimum absolute atomic E-state index is 0.0373.